The maximum Gasteiger partial charge on any atom is 0.264 e. The lowest BCUT2D eigenvalue weighted by Gasteiger charge is -2.08. The maximum atomic E-state index is 13.6. The quantitative estimate of drug-likeness (QED) is 0.812. The Morgan fingerprint density at radius 3 is 2.70 bits per heavy atom. The van der Waals surface area contributed by atoms with Crippen molar-refractivity contribution in [2.24, 2.45) is 5.92 Å². The fraction of sp³-hybridized carbons (Fsp3) is 0.417. The minimum absolute atomic E-state index is 0.0485. The molecular weight excluding hydrogens is 373 g/mol. The van der Waals surface area contributed by atoms with E-state index in [9.17, 15) is 17.6 Å². The predicted molar refractivity (Wildman–Crippen MR) is 76.8 cm³/mol. The minimum atomic E-state index is -4.24. The molecule has 2 unspecified atom stereocenters. The molecule has 1 aromatic rings. The van der Waals surface area contributed by atoms with Gasteiger partial charge in [0.1, 0.15) is 10.7 Å². The molecule has 2 atom stereocenters. The van der Waals surface area contributed by atoms with E-state index < -0.39 is 25.7 Å². The van der Waals surface area contributed by atoms with E-state index in [2.05, 4.69) is 21.2 Å². The summed E-state index contributed by atoms with van der Waals surface area (Å²) in [4.78, 5) is 11.4. The van der Waals surface area contributed by atoms with Crippen molar-refractivity contribution in [2.45, 2.75) is 30.7 Å². The summed E-state index contributed by atoms with van der Waals surface area (Å²) in [5.74, 6) is -0.991. The number of carbonyl (C=O) groups excluding carboxylic acids is 1. The Morgan fingerprint density at radius 1 is 1.55 bits per heavy atom. The fourth-order valence-corrected chi connectivity index (χ4v) is 3.41. The van der Waals surface area contributed by atoms with Crippen molar-refractivity contribution in [3.8, 4) is 0 Å². The van der Waals surface area contributed by atoms with Crippen LogP contribution in [0.4, 0.5) is 4.39 Å². The number of benzene rings is 1. The Bertz CT molecular complexity index is 665. The molecule has 0 aliphatic heterocycles. The highest BCUT2D eigenvalue weighted by atomic mass is 79.9. The van der Waals surface area contributed by atoms with Crippen LogP contribution in [0.1, 0.15) is 30.1 Å². The first-order chi connectivity index (χ1) is 9.24. The Balaban J connectivity index is 2.30. The number of carbonyl (C=O) groups is 1. The molecule has 2 rings (SSSR count). The van der Waals surface area contributed by atoms with Gasteiger partial charge in [0.2, 0.25) is 0 Å². The molecule has 0 heterocycles. The normalized spacial score (nSPS) is 21.6. The summed E-state index contributed by atoms with van der Waals surface area (Å²) in [7, 11) is 0.904. The fourth-order valence-electron chi connectivity index (χ4n) is 2.01. The van der Waals surface area contributed by atoms with Gasteiger partial charge in [0.15, 0.2) is 0 Å². The van der Waals surface area contributed by atoms with E-state index in [-0.39, 0.29) is 16.1 Å². The lowest BCUT2D eigenvalue weighted by Crippen LogP contribution is -2.27. The van der Waals surface area contributed by atoms with E-state index in [0.717, 1.165) is 25.0 Å². The van der Waals surface area contributed by atoms with Crippen LogP contribution in [-0.2, 0) is 9.05 Å². The van der Waals surface area contributed by atoms with Crippen LogP contribution in [0, 0.1) is 11.7 Å². The standard InChI is InChI=1S/C12H12BrClFNO3S/c1-2-6-3-10(6)16-12(17)7-4-11(20(14,18)19)9(15)5-8(7)13/h4-6,10H,2-3H2,1H3,(H,16,17). The molecular formula is C12H12BrClFNO3S. The lowest BCUT2D eigenvalue weighted by atomic mass is 10.2. The van der Waals surface area contributed by atoms with Crippen molar-refractivity contribution in [1.29, 1.82) is 0 Å². The Morgan fingerprint density at radius 2 is 2.20 bits per heavy atom. The van der Waals surface area contributed by atoms with Gasteiger partial charge in [0.05, 0.1) is 5.56 Å². The van der Waals surface area contributed by atoms with Crippen molar-refractivity contribution < 1.29 is 17.6 Å². The van der Waals surface area contributed by atoms with Crippen LogP contribution in [0.15, 0.2) is 21.5 Å². The SMILES string of the molecule is CCC1CC1NC(=O)c1cc(S(=O)(=O)Cl)c(F)cc1Br. The number of hydrogen-bond donors (Lipinski definition) is 1. The zero-order valence-corrected chi connectivity index (χ0v) is 13.6. The van der Waals surface area contributed by atoms with Gasteiger partial charge in [-0.2, -0.15) is 0 Å². The van der Waals surface area contributed by atoms with E-state index in [4.69, 9.17) is 10.7 Å². The molecule has 8 heteroatoms. The summed E-state index contributed by atoms with van der Waals surface area (Å²) >= 11 is 3.05. The second-order valence-electron chi connectivity index (χ2n) is 4.68. The van der Waals surface area contributed by atoms with Gasteiger partial charge in [-0.05, 0) is 40.4 Å². The largest absolute Gasteiger partial charge is 0.349 e. The molecule has 1 fully saturated rings. The van der Waals surface area contributed by atoms with Crippen LogP contribution < -0.4 is 5.32 Å². The topological polar surface area (TPSA) is 63.2 Å². The number of hydrogen-bond acceptors (Lipinski definition) is 3. The highest BCUT2D eigenvalue weighted by Crippen LogP contribution is 2.34. The number of amides is 1. The summed E-state index contributed by atoms with van der Waals surface area (Å²) in [6.45, 7) is 2.03. The second-order valence-corrected chi connectivity index (χ2v) is 8.07. The van der Waals surface area contributed by atoms with Crippen molar-refractivity contribution in [3.05, 3.63) is 28.0 Å². The molecule has 1 amide bonds. The maximum absolute atomic E-state index is 13.6. The van der Waals surface area contributed by atoms with Crippen molar-refractivity contribution in [1.82, 2.24) is 5.32 Å². The van der Waals surface area contributed by atoms with Crippen LogP contribution in [-0.4, -0.2) is 20.4 Å². The summed E-state index contributed by atoms with van der Waals surface area (Å²) in [5, 5.41) is 2.78. The number of halogens is 3. The molecule has 1 aliphatic carbocycles. The Hall–Kier alpha value is -0.660. The highest BCUT2D eigenvalue weighted by molar-refractivity contribution is 9.10. The monoisotopic (exact) mass is 383 g/mol. The highest BCUT2D eigenvalue weighted by Gasteiger charge is 2.37. The molecule has 1 N–H and O–H groups in total. The van der Waals surface area contributed by atoms with Gasteiger partial charge in [0, 0.05) is 21.2 Å². The first-order valence-electron chi connectivity index (χ1n) is 5.98. The van der Waals surface area contributed by atoms with Gasteiger partial charge in [-0.15, -0.1) is 0 Å². The molecule has 1 saturated carbocycles. The first kappa shape index (κ1) is 15.7. The smallest absolute Gasteiger partial charge is 0.264 e. The molecule has 0 saturated heterocycles. The van der Waals surface area contributed by atoms with E-state index >= 15 is 0 Å². The molecule has 20 heavy (non-hydrogen) atoms. The zero-order valence-electron chi connectivity index (χ0n) is 10.5. The third-order valence-electron chi connectivity index (χ3n) is 3.29. The first-order valence-corrected chi connectivity index (χ1v) is 9.08. The molecule has 0 bridgehead atoms. The minimum Gasteiger partial charge on any atom is -0.349 e. The van der Waals surface area contributed by atoms with Gasteiger partial charge in [-0.1, -0.05) is 13.3 Å². The van der Waals surface area contributed by atoms with Crippen molar-refractivity contribution in [2.75, 3.05) is 0 Å². The number of rotatable bonds is 4. The molecule has 1 aliphatic rings. The predicted octanol–water partition coefficient (Wildman–Crippen LogP) is 3.04. The third-order valence-corrected chi connectivity index (χ3v) is 5.29. The van der Waals surface area contributed by atoms with E-state index in [1.165, 1.54) is 0 Å². The van der Waals surface area contributed by atoms with Crippen LogP contribution in [0.2, 0.25) is 0 Å². The molecule has 110 valence electrons. The average Bonchev–Trinajstić information content (AvgIpc) is 3.05. The Labute approximate surface area is 129 Å². The van der Waals surface area contributed by atoms with Crippen molar-refractivity contribution in [3.63, 3.8) is 0 Å². The van der Waals surface area contributed by atoms with Crippen LogP contribution in [0.25, 0.3) is 0 Å². The lowest BCUT2D eigenvalue weighted by molar-refractivity contribution is 0.0948. The van der Waals surface area contributed by atoms with Gasteiger partial charge in [-0.3, -0.25) is 4.79 Å². The Kier molecular flexibility index (Phi) is 4.41. The second kappa shape index (κ2) is 5.61. The summed E-state index contributed by atoms with van der Waals surface area (Å²) in [6, 6.07) is 1.97. The van der Waals surface area contributed by atoms with Crippen LogP contribution >= 0.6 is 26.6 Å². The van der Waals surface area contributed by atoms with Crippen molar-refractivity contribution >= 4 is 41.6 Å². The van der Waals surface area contributed by atoms with E-state index in [1.807, 2.05) is 6.92 Å². The van der Waals surface area contributed by atoms with E-state index in [0.29, 0.717) is 5.92 Å². The van der Waals surface area contributed by atoms with Crippen LogP contribution in [0.5, 0.6) is 0 Å². The van der Waals surface area contributed by atoms with Gasteiger partial charge in [0.25, 0.3) is 15.0 Å². The summed E-state index contributed by atoms with van der Waals surface area (Å²) in [5.41, 5.74) is 0.0485. The molecule has 1 aromatic carbocycles. The zero-order chi connectivity index (χ0) is 15.1. The number of nitrogens with one attached hydrogen (secondary N) is 1. The summed E-state index contributed by atoms with van der Waals surface area (Å²) < 4.78 is 36.2. The van der Waals surface area contributed by atoms with Gasteiger partial charge < -0.3 is 5.32 Å². The molecule has 0 spiro atoms. The van der Waals surface area contributed by atoms with Gasteiger partial charge in [-0.25, -0.2) is 12.8 Å². The van der Waals surface area contributed by atoms with Gasteiger partial charge >= 0.3 is 0 Å². The molecule has 4 nitrogen and oxygen atoms in total. The third kappa shape index (κ3) is 3.32. The van der Waals surface area contributed by atoms with E-state index in [1.54, 1.807) is 0 Å². The summed E-state index contributed by atoms with van der Waals surface area (Å²) in [6.07, 6.45) is 1.87. The average molecular weight is 385 g/mol. The molecule has 0 radical (unpaired) electrons. The van der Waals surface area contributed by atoms with Crippen LogP contribution in [0.3, 0.4) is 0 Å². The molecule has 0 aromatic heterocycles.